The molecule has 0 N–H and O–H groups in total. The molecule has 1 aromatic heterocycles. The Morgan fingerprint density at radius 3 is 2.88 bits per heavy atom. The zero-order chi connectivity index (χ0) is 17.1. The fourth-order valence-corrected chi connectivity index (χ4v) is 2.48. The van der Waals surface area contributed by atoms with E-state index in [2.05, 4.69) is 10.1 Å². The molecule has 0 radical (unpaired) electrons. The third kappa shape index (κ3) is 3.79. The number of esters is 1. The Hall–Kier alpha value is -2.28. The van der Waals surface area contributed by atoms with Gasteiger partial charge in [0, 0.05) is 5.92 Å². The average Bonchev–Trinajstić information content (AvgIpc) is 3.02. The van der Waals surface area contributed by atoms with Gasteiger partial charge >= 0.3 is 5.97 Å². The van der Waals surface area contributed by atoms with E-state index in [1.807, 2.05) is 13.8 Å². The van der Waals surface area contributed by atoms with E-state index in [-0.39, 0.29) is 24.8 Å². The number of nitrogens with zero attached hydrogens (tertiary/aromatic N) is 2. The summed E-state index contributed by atoms with van der Waals surface area (Å²) in [7, 11) is 0. The molecule has 0 saturated heterocycles. The highest BCUT2D eigenvalue weighted by Crippen LogP contribution is 2.38. The minimum atomic E-state index is -0.424. The van der Waals surface area contributed by atoms with Gasteiger partial charge in [0.05, 0.1) is 11.4 Å². The van der Waals surface area contributed by atoms with Gasteiger partial charge in [-0.05, 0) is 17.7 Å². The molecular formula is C16H17ClN2O5. The molecule has 1 aromatic carbocycles. The largest absolute Gasteiger partial charge is 0.486 e. The van der Waals surface area contributed by atoms with Gasteiger partial charge in [-0.25, -0.2) is 0 Å². The summed E-state index contributed by atoms with van der Waals surface area (Å²) in [4.78, 5) is 16.1. The number of ether oxygens (including phenoxy) is 3. The average molecular weight is 353 g/mol. The van der Waals surface area contributed by atoms with Crippen LogP contribution in [0.4, 0.5) is 0 Å². The molecule has 0 spiro atoms. The Kier molecular flexibility index (Phi) is 4.89. The van der Waals surface area contributed by atoms with Crippen LogP contribution in [-0.4, -0.2) is 29.3 Å². The van der Waals surface area contributed by atoms with E-state index in [9.17, 15) is 4.79 Å². The normalized spacial score (nSPS) is 13.2. The molecule has 3 rings (SSSR count). The number of carbonyl (C=O) groups is 1. The van der Waals surface area contributed by atoms with Crippen LogP contribution in [0, 0.1) is 0 Å². The number of aromatic nitrogens is 2. The van der Waals surface area contributed by atoms with Crippen molar-refractivity contribution >= 4 is 17.6 Å². The fraction of sp³-hybridized carbons (Fsp3) is 0.438. The van der Waals surface area contributed by atoms with E-state index < -0.39 is 5.97 Å². The van der Waals surface area contributed by atoms with Crippen molar-refractivity contribution in [3.8, 4) is 11.5 Å². The standard InChI is InChI=1S/C16H17ClN2O5/c1-9(2)16-18-13(24-19-16)8-23-14(20)7-10-5-11(17)15-12(6-10)21-3-4-22-15/h5-6,9H,3-4,7-8H2,1-2H3. The summed E-state index contributed by atoms with van der Waals surface area (Å²) in [5, 5.41) is 4.22. The maximum atomic E-state index is 12.0. The van der Waals surface area contributed by atoms with E-state index in [0.29, 0.717) is 41.1 Å². The van der Waals surface area contributed by atoms with Crippen molar-refractivity contribution < 1.29 is 23.5 Å². The summed E-state index contributed by atoms with van der Waals surface area (Å²) < 4.78 is 21.1. The lowest BCUT2D eigenvalue weighted by Crippen LogP contribution is -2.16. The summed E-state index contributed by atoms with van der Waals surface area (Å²) >= 11 is 6.15. The molecule has 0 atom stereocenters. The van der Waals surface area contributed by atoms with Crippen LogP contribution in [0.5, 0.6) is 11.5 Å². The molecule has 0 bridgehead atoms. The monoisotopic (exact) mass is 352 g/mol. The number of benzene rings is 1. The maximum Gasteiger partial charge on any atom is 0.310 e. The van der Waals surface area contributed by atoms with Crippen molar-refractivity contribution in [1.82, 2.24) is 10.1 Å². The van der Waals surface area contributed by atoms with Crippen molar-refractivity contribution in [1.29, 1.82) is 0 Å². The highest BCUT2D eigenvalue weighted by Gasteiger charge is 2.18. The Morgan fingerprint density at radius 1 is 1.33 bits per heavy atom. The van der Waals surface area contributed by atoms with Crippen LogP contribution in [-0.2, 0) is 22.6 Å². The van der Waals surface area contributed by atoms with Gasteiger partial charge in [0.15, 0.2) is 23.9 Å². The first-order valence-electron chi connectivity index (χ1n) is 7.59. The summed E-state index contributed by atoms with van der Waals surface area (Å²) in [5.74, 6) is 1.62. The van der Waals surface area contributed by atoms with Gasteiger partial charge in [-0.1, -0.05) is 30.6 Å². The number of rotatable bonds is 5. The van der Waals surface area contributed by atoms with Gasteiger partial charge < -0.3 is 18.7 Å². The van der Waals surface area contributed by atoms with Crippen LogP contribution >= 0.6 is 11.6 Å². The highest BCUT2D eigenvalue weighted by molar-refractivity contribution is 6.32. The van der Waals surface area contributed by atoms with E-state index >= 15 is 0 Å². The van der Waals surface area contributed by atoms with Crippen molar-refractivity contribution in [3.63, 3.8) is 0 Å². The number of halogens is 1. The second-order valence-corrected chi connectivity index (χ2v) is 6.05. The smallest absolute Gasteiger partial charge is 0.310 e. The molecule has 1 aliphatic rings. The molecule has 0 aliphatic carbocycles. The number of hydrogen-bond donors (Lipinski definition) is 0. The van der Waals surface area contributed by atoms with Crippen molar-refractivity contribution in [2.75, 3.05) is 13.2 Å². The molecule has 0 unspecified atom stereocenters. The van der Waals surface area contributed by atoms with Crippen LogP contribution in [0.3, 0.4) is 0 Å². The van der Waals surface area contributed by atoms with Gasteiger partial charge in [0.25, 0.3) is 5.89 Å². The predicted octanol–water partition coefficient (Wildman–Crippen LogP) is 2.90. The molecule has 0 saturated carbocycles. The minimum absolute atomic E-state index is 0.0571. The Balaban J connectivity index is 1.59. The van der Waals surface area contributed by atoms with Crippen LogP contribution in [0.25, 0.3) is 0 Å². The second kappa shape index (κ2) is 7.09. The van der Waals surface area contributed by atoms with Crippen LogP contribution < -0.4 is 9.47 Å². The third-order valence-electron chi connectivity index (χ3n) is 3.36. The fourth-order valence-electron chi connectivity index (χ4n) is 2.19. The first kappa shape index (κ1) is 16.6. The lowest BCUT2D eigenvalue weighted by Gasteiger charge is -2.20. The highest BCUT2D eigenvalue weighted by atomic mass is 35.5. The molecular weight excluding hydrogens is 336 g/mol. The lowest BCUT2D eigenvalue weighted by molar-refractivity contribution is -0.144. The topological polar surface area (TPSA) is 83.7 Å². The van der Waals surface area contributed by atoms with E-state index in [1.54, 1.807) is 12.1 Å². The first-order chi connectivity index (χ1) is 11.5. The zero-order valence-electron chi connectivity index (χ0n) is 13.4. The Bertz CT molecular complexity index is 744. The van der Waals surface area contributed by atoms with Crippen LogP contribution in [0.2, 0.25) is 5.02 Å². The van der Waals surface area contributed by atoms with Gasteiger partial charge in [0.1, 0.15) is 13.2 Å². The Labute approximate surface area is 143 Å². The molecule has 7 nitrogen and oxygen atoms in total. The molecule has 2 aromatic rings. The quantitative estimate of drug-likeness (QED) is 0.765. The van der Waals surface area contributed by atoms with Crippen molar-refractivity contribution in [3.05, 3.63) is 34.4 Å². The van der Waals surface area contributed by atoms with E-state index in [4.69, 9.17) is 30.3 Å². The van der Waals surface area contributed by atoms with Gasteiger partial charge in [-0.15, -0.1) is 0 Å². The van der Waals surface area contributed by atoms with E-state index in [0.717, 1.165) is 0 Å². The number of carbonyl (C=O) groups excluding carboxylic acids is 1. The summed E-state index contributed by atoms with van der Waals surface area (Å²) in [6.45, 7) is 4.75. The van der Waals surface area contributed by atoms with Gasteiger partial charge in [-0.2, -0.15) is 4.98 Å². The third-order valence-corrected chi connectivity index (χ3v) is 3.64. The SMILES string of the molecule is CC(C)c1noc(COC(=O)Cc2cc(Cl)c3c(c2)OCCO3)n1. The summed E-state index contributed by atoms with van der Waals surface area (Å²) in [6, 6.07) is 3.39. The number of hydrogen-bond acceptors (Lipinski definition) is 7. The van der Waals surface area contributed by atoms with Crippen molar-refractivity contribution in [2.45, 2.75) is 32.8 Å². The van der Waals surface area contributed by atoms with Gasteiger partial charge in [0.2, 0.25) is 0 Å². The van der Waals surface area contributed by atoms with Crippen LogP contribution in [0.1, 0.15) is 37.0 Å². The van der Waals surface area contributed by atoms with Crippen molar-refractivity contribution in [2.24, 2.45) is 0 Å². The van der Waals surface area contributed by atoms with E-state index in [1.165, 1.54) is 0 Å². The molecule has 8 heteroatoms. The predicted molar refractivity (Wildman–Crippen MR) is 84.3 cm³/mol. The summed E-state index contributed by atoms with van der Waals surface area (Å²) in [5.41, 5.74) is 0.683. The summed E-state index contributed by atoms with van der Waals surface area (Å²) in [6.07, 6.45) is 0.0571. The number of fused-ring (bicyclic) bond motifs is 1. The molecule has 2 heterocycles. The maximum absolute atomic E-state index is 12.0. The zero-order valence-corrected chi connectivity index (χ0v) is 14.1. The molecule has 1 aliphatic heterocycles. The first-order valence-corrected chi connectivity index (χ1v) is 7.97. The Morgan fingerprint density at radius 2 is 2.12 bits per heavy atom. The minimum Gasteiger partial charge on any atom is -0.486 e. The molecule has 0 fully saturated rings. The molecule has 128 valence electrons. The molecule has 0 amide bonds. The lowest BCUT2D eigenvalue weighted by atomic mass is 10.1. The van der Waals surface area contributed by atoms with Crippen LogP contribution in [0.15, 0.2) is 16.7 Å². The second-order valence-electron chi connectivity index (χ2n) is 5.64. The van der Waals surface area contributed by atoms with Gasteiger partial charge in [-0.3, -0.25) is 4.79 Å². The molecule has 24 heavy (non-hydrogen) atoms.